The number of carbonyl (C=O) groups is 1. The molecule has 0 fully saturated rings. The Labute approximate surface area is 213 Å². The Morgan fingerprint density at radius 3 is 2.80 bits per heavy atom. The summed E-state index contributed by atoms with van der Waals surface area (Å²) in [5.41, 5.74) is 4.16. The second-order valence-electron chi connectivity index (χ2n) is 8.40. The number of halogens is 1. The molecule has 184 valence electrons. The van der Waals surface area contributed by atoms with E-state index < -0.39 is 6.04 Å². The van der Waals surface area contributed by atoms with Gasteiger partial charge in [0.1, 0.15) is 19.0 Å². The number of fused-ring (bicyclic) bond motifs is 1. The third-order valence-electron chi connectivity index (χ3n) is 5.78. The van der Waals surface area contributed by atoms with E-state index >= 15 is 0 Å². The zero-order valence-corrected chi connectivity index (χ0v) is 21.9. The number of benzene rings is 2. The first-order valence-electron chi connectivity index (χ1n) is 11.5. The topological polar surface area (TPSA) is 87.5 Å². The minimum Gasteiger partial charge on any atom is -0.493 e. The van der Waals surface area contributed by atoms with Gasteiger partial charge < -0.3 is 19.5 Å². The van der Waals surface area contributed by atoms with E-state index in [1.165, 1.54) is 11.9 Å². The summed E-state index contributed by atoms with van der Waals surface area (Å²) in [6, 6.07) is 11.4. The second-order valence-corrected chi connectivity index (χ2v) is 9.25. The van der Waals surface area contributed by atoms with Gasteiger partial charge in [-0.25, -0.2) is 9.48 Å². The van der Waals surface area contributed by atoms with Gasteiger partial charge in [-0.1, -0.05) is 43.2 Å². The number of aryl methyl sites for hydroxylation is 1. The van der Waals surface area contributed by atoms with Crippen LogP contribution in [0, 0.1) is 6.92 Å². The molecule has 1 aliphatic rings. The van der Waals surface area contributed by atoms with Crippen LogP contribution in [0.4, 0.5) is 5.95 Å². The molecule has 1 aromatic heterocycles. The number of unbranched alkanes of at least 4 members (excludes halogenated alkanes) is 1. The smallest absolute Gasteiger partial charge is 0.338 e. The maximum Gasteiger partial charge on any atom is 0.338 e. The summed E-state index contributed by atoms with van der Waals surface area (Å²) >= 11 is 3.65. The van der Waals surface area contributed by atoms with Gasteiger partial charge in [-0.15, -0.1) is 0 Å². The van der Waals surface area contributed by atoms with Crippen molar-refractivity contribution >= 4 is 27.8 Å². The number of ether oxygens (including phenoxy) is 3. The van der Waals surface area contributed by atoms with Crippen LogP contribution < -0.4 is 14.8 Å². The summed E-state index contributed by atoms with van der Waals surface area (Å²) in [7, 11) is 1.59. The van der Waals surface area contributed by atoms with Gasteiger partial charge in [0.2, 0.25) is 5.95 Å². The fraction of sp³-hybridized carbons (Fsp3) is 0.346. The average Bonchev–Trinajstić information content (AvgIpc) is 3.30. The van der Waals surface area contributed by atoms with E-state index in [4.69, 9.17) is 14.2 Å². The molecule has 8 nitrogen and oxygen atoms in total. The largest absolute Gasteiger partial charge is 0.493 e. The third kappa shape index (κ3) is 5.35. The molecule has 0 spiro atoms. The molecule has 9 heteroatoms. The molecule has 0 saturated heterocycles. The number of methoxy groups -OCH3 is 1. The molecule has 4 rings (SSSR count). The van der Waals surface area contributed by atoms with Crippen LogP contribution in [-0.2, 0) is 16.1 Å². The Balaban J connectivity index is 1.70. The number of esters is 1. The summed E-state index contributed by atoms with van der Waals surface area (Å²) < 4.78 is 19.8. The van der Waals surface area contributed by atoms with Crippen molar-refractivity contribution in [2.45, 2.75) is 46.3 Å². The van der Waals surface area contributed by atoms with Gasteiger partial charge in [-0.2, -0.15) is 10.1 Å². The molecule has 0 aliphatic carbocycles. The zero-order chi connectivity index (χ0) is 24.9. The van der Waals surface area contributed by atoms with E-state index in [-0.39, 0.29) is 5.97 Å². The van der Waals surface area contributed by atoms with Crippen molar-refractivity contribution in [2.24, 2.45) is 0 Å². The van der Waals surface area contributed by atoms with Crippen molar-refractivity contribution in [2.75, 3.05) is 19.0 Å². The second kappa shape index (κ2) is 10.9. The Hall–Kier alpha value is -3.33. The van der Waals surface area contributed by atoms with Crippen molar-refractivity contribution in [1.82, 2.24) is 14.8 Å². The van der Waals surface area contributed by atoms with Crippen LogP contribution in [0.25, 0.3) is 0 Å². The molecule has 0 unspecified atom stereocenters. The van der Waals surface area contributed by atoms with E-state index in [0.717, 1.165) is 24.0 Å². The number of carbonyl (C=O) groups excluding carboxylic acids is 1. The van der Waals surface area contributed by atoms with E-state index in [0.29, 0.717) is 46.4 Å². The lowest BCUT2D eigenvalue weighted by Crippen LogP contribution is -2.30. The van der Waals surface area contributed by atoms with Crippen LogP contribution in [0.15, 0.2) is 58.5 Å². The molecule has 0 radical (unpaired) electrons. The monoisotopic (exact) mass is 540 g/mol. The van der Waals surface area contributed by atoms with Gasteiger partial charge in [0.15, 0.2) is 11.5 Å². The maximum atomic E-state index is 13.1. The molecule has 1 N–H and O–H groups in total. The lowest BCUT2D eigenvalue weighted by molar-refractivity contribution is -0.139. The van der Waals surface area contributed by atoms with Crippen LogP contribution in [0.2, 0.25) is 0 Å². The summed E-state index contributed by atoms with van der Waals surface area (Å²) in [6.07, 6.45) is 3.20. The Morgan fingerprint density at radius 1 is 1.23 bits per heavy atom. The SMILES string of the molecule is CCCCOC(=O)C1=C(C)Nc2ncnn2[C@@H]1c1cc(Br)c(OCc2cccc(C)c2)c(OC)c1. The highest BCUT2D eigenvalue weighted by Crippen LogP contribution is 2.43. The van der Waals surface area contributed by atoms with Crippen molar-refractivity contribution in [3.05, 3.63) is 75.2 Å². The van der Waals surface area contributed by atoms with Crippen LogP contribution in [-0.4, -0.2) is 34.5 Å². The van der Waals surface area contributed by atoms with E-state index in [1.54, 1.807) is 11.8 Å². The highest BCUT2D eigenvalue weighted by molar-refractivity contribution is 9.10. The van der Waals surface area contributed by atoms with E-state index in [9.17, 15) is 4.79 Å². The molecule has 0 saturated carbocycles. The number of allylic oxidation sites excluding steroid dienone is 1. The molecule has 1 atom stereocenters. The summed E-state index contributed by atoms with van der Waals surface area (Å²) in [6.45, 7) is 6.70. The Bertz CT molecular complexity index is 1250. The van der Waals surface area contributed by atoms with Gasteiger partial charge in [0.05, 0.1) is 23.8 Å². The van der Waals surface area contributed by atoms with Crippen LogP contribution in [0.1, 0.15) is 49.4 Å². The number of aromatic nitrogens is 3. The molecule has 3 aromatic rings. The lowest BCUT2D eigenvalue weighted by atomic mass is 9.95. The Kier molecular flexibility index (Phi) is 7.75. The van der Waals surface area contributed by atoms with Gasteiger partial charge in [0, 0.05) is 5.70 Å². The number of hydrogen-bond donors (Lipinski definition) is 1. The lowest BCUT2D eigenvalue weighted by Gasteiger charge is -2.29. The van der Waals surface area contributed by atoms with Crippen LogP contribution in [0.3, 0.4) is 0 Å². The predicted molar refractivity (Wildman–Crippen MR) is 137 cm³/mol. The molecule has 2 aromatic carbocycles. The first-order chi connectivity index (χ1) is 16.9. The van der Waals surface area contributed by atoms with Gasteiger partial charge in [-0.3, -0.25) is 0 Å². The van der Waals surface area contributed by atoms with E-state index in [2.05, 4.69) is 44.3 Å². The highest BCUT2D eigenvalue weighted by atomic mass is 79.9. The first kappa shape index (κ1) is 24.8. The summed E-state index contributed by atoms with van der Waals surface area (Å²) in [5, 5.41) is 7.54. The predicted octanol–water partition coefficient (Wildman–Crippen LogP) is 5.57. The number of rotatable bonds is 9. The summed E-state index contributed by atoms with van der Waals surface area (Å²) in [5.74, 6) is 1.29. The zero-order valence-electron chi connectivity index (χ0n) is 20.3. The summed E-state index contributed by atoms with van der Waals surface area (Å²) in [4.78, 5) is 17.4. The molecule has 1 aliphatic heterocycles. The minimum absolute atomic E-state index is 0.363. The van der Waals surface area contributed by atoms with Crippen molar-refractivity contribution in [3.63, 3.8) is 0 Å². The fourth-order valence-corrected chi connectivity index (χ4v) is 4.62. The normalized spacial score (nSPS) is 14.8. The number of nitrogens with zero attached hydrogens (tertiary/aromatic N) is 3. The molecule has 0 bridgehead atoms. The quantitative estimate of drug-likeness (QED) is 0.280. The first-order valence-corrected chi connectivity index (χ1v) is 12.3. The van der Waals surface area contributed by atoms with Gasteiger partial charge in [-0.05, 0) is 59.5 Å². The molecular formula is C26H29BrN4O4. The van der Waals surface area contributed by atoms with Crippen LogP contribution in [0.5, 0.6) is 11.5 Å². The van der Waals surface area contributed by atoms with E-state index in [1.807, 2.05) is 44.2 Å². The van der Waals surface area contributed by atoms with Crippen molar-refractivity contribution in [1.29, 1.82) is 0 Å². The number of hydrogen-bond acceptors (Lipinski definition) is 7. The molecule has 0 amide bonds. The number of anilines is 1. The molecular weight excluding hydrogens is 512 g/mol. The highest BCUT2D eigenvalue weighted by Gasteiger charge is 2.35. The standard InChI is InChI=1S/C26H29BrN4O4/c1-5-6-10-34-25(32)22-17(3)30-26-28-15-29-31(26)23(22)19-12-20(27)24(21(13-19)33-4)35-14-18-9-7-8-16(2)11-18/h7-9,11-13,15,23H,5-6,10,14H2,1-4H3,(H,28,29,30)/t23-/m1/s1. The van der Waals surface area contributed by atoms with Gasteiger partial charge >= 0.3 is 5.97 Å². The third-order valence-corrected chi connectivity index (χ3v) is 6.37. The minimum atomic E-state index is -0.543. The van der Waals surface area contributed by atoms with Crippen LogP contribution >= 0.6 is 15.9 Å². The fourth-order valence-electron chi connectivity index (χ4n) is 4.05. The maximum absolute atomic E-state index is 13.1. The Morgan fingerprint density at radius 2 is 2.06 bits per heavy atom. The van der Waals surface area contributed by atoms with Gasteiger partial charge in [0.25, 0.3) is 0 Å². The number of nitrogens with one attached hydrogen (secondary N) is 1. The average molecular weight is 541 g/mol. The molecule has 2 heterocycles. The molecule has 35 heavy (non-hydrogen) atoms. The van der Waals surface area contributed by atoms with Crippen molar-refractivity contribution in [3.8, 4) is 11.5 Å². The van der Waals surface area contributed by atoms with Crippen molar-refractivity contribution < 1.29 is 19.0 Å².